The highest BCUT2D eigenvalue weighted by Crippen LogP contribution is 2.45. The number of benzene rings is 2. The van der Waals surface area contributed by atoms with E-state index in [1.54, 1.807) is 0 Å². The summed E-state index contributed by atoms with van der Waals surface area (Å²) >= 11 is 1.83. The molecule has 4 rings (SSSR count). The maximum Gasteiger partial charge on any atom is 0.220 e. The number of fused-ring (bicyclic) bond motifs is 2. The molecule has 15 heteroatoms. The Labute approximate surface area is 349 Å². The lowest BCUT2D eigenvalue weighted by Gasteiger charge is -2.29. The normalized spacial score (nSPS) is 13.3. The zero-order valence-electron chi connectivity index (χ0n) is 34.9. The summed E-state index contributed by atoms with van der Waals surface area (Å²) in [6, 6.07) is 19.6. The number of unbranched alkanes of at least 4 members (excludes halogenated alkanes) is 2. The van der Waals surface area contributed by atoms with E-state index in [1.807, 2.05) is 11.8 Å². The van der Waals surface area contributed by atoms with Gasteiger partial charge in [0.15, 0.2) is 12.7 Å². The number of nitrogens with one attached hydrogen (secondary N) is 1. The number of pyridine rings is 1. The van der Waals surface area contributed by atoms with Crippen molar-refractivity contribution < 1.29 is 42.3 Å². The first-order valence-corrected chi connectivity index (χ1v) is 21.4. The van der Waals surface area contributed by atoms with Gasteiger partial charge >= 0.3 is 0 Å². The average Bonchev–Trinajstić information content (AvgIpc) is 3.54. The lowest BCUT2D eigenvalue weighted by Crippen LogP contribution is -2.44. The standard InChI is InChI=1S/C43H64N7O7S/c1-48-40-14-8-9-15-41(40)58-43(48)36-37-17-21-49(39-13-7-6-12-38(37)39)20-11-23-50(2,3)22-10-4-5-16-42(51)45-18-24-52-26-28-54-30-32-56-34-35-57-33-31-55-29-27-53-25-19-46-47-44/h6-9,12-15,17,21,36H,4-5,10-11,16,18-20,22-35H2,1-3H3/q+1/p+1. The number of para-hydroxylation sites is 2. The zero-order valence-corrected chi connectivity index (χ0v) is 35.7. The summed E-state index contributed by atoms with van der Waals surface area (Å²) in [6.45, 7) is 9.64. The molecule has 318 valence electrons. The molecule has 1 aliphatic rings. The maximum atomic E-state index is 12.3. The van der Waals surface area contributed by atoms with Gasteiger partial charge in [0.05, 0.1) is 129 Å². The minimum atomic E-state index is 0.0813. The Kier molecular flexibility index (Phi) is 22.5. The summed E-state index contributed by atoms with van der Waals surface area (Å²) in [5, 5.41) is 8.86. The molecule has 0 spiro atoms. The third kappa shape index (κ3) is 18.0. The molecule has 0 bridgehead atoms. The van der Waals surface area contributed by atoms with Crippen molar-refractivity contribution in [1.82, 2.24) is 5.32 Å². The second-order valence-electron chi connectivity index (χ2n) is 14.6. The molecular formula is C43H65N7O7S+2. The average molecular weight is 824 g/mol. The molecular weight excluding hydrogens is 759 g/mol. The number of nitrogens with zero attached hydrogens (tertiary/aromatic N) is 6. The molecule has 1 aromatic heterocycles. The second kappa shape index (κ2) is 27.8. The minimum absolute atomic E-state index is 0.0813. The zero-order chi connectivity index (χ0) is 41.1. The van der Waals surface area contributed by atoms with E-state index in [-0.39, 0.29) is 5.91 Å². The molecule has 2 heterocycles. The van der Waals surface area contributed by atoms with Crippen molar-refractivity contribution in [3.63, 3.8) is 0 Å². The molecule has 0 fully saturated rings. The van der Waals surface area contributed by atoms with E-state index in [0.29, 0.717) is 98.8 Å². The van der Waals surface area contributed by atoms with Crippen LogP contribution in [0.4, 0.5) is 5.69 Å². The largest absolute Gasteiger partial charge is 0.379 e. The van der Waals surface area contributed by atoms with Gasteiger partial charge in [-0.3, -0.25) is 4.79 Å². The van der Waals surface area contributed by atoms with E-state index in [2.05, 4.69) is 113 Å². The van der Waals surface area contributed by atoms with E-state index in [4.69, 9.17) is 34.0 Å². The monoisotopic (exact) mass is 823 g/mol. The van der Waals surface area contributed by atoms with Crippen LogP contribution < -0.4 is 14.8 Å². The highest BCUT2D eigenvalue weighted by molar-refractivity contribution is 8.03. The highest BCUT2D eigenvalue weighted by atomic mass is 32.2. The van der Waals surface area contributed by atoms with E-state index < -0.39 is 0 Å². The topological polar surface area (TPSA) is 140 Å². The Morgan fingerprint density at radius 1 is 0.793 bits per heavy atom. The number of rotatable bonds is 32. The van der Waals surface area contributed by atoms with Gasteiger partial charge in [0.1, 0.15) is 0 Å². The van der Waals surface area contributed by atoms with Gasteiger partial charge < -0.3 is 43.1 Å². The number of amides is 1. The molecule has 0 aliphatic carbocycles. The quantitative estimate of drug-likeness (QED) is 0.0194. The van der Waals surface area contributed by atoms with E-state index >= 15 is 0 Å². The van der Waals surface area contributed by atoms with Crippen LogP contribution in [0, 0.1) is 0 Å². The van der Waals surface area contributed by atoms with Gasteiger partial charge in [-0.1, -0.05) is 41.1 Å². The first kappa shape index (κ1) is 46.9. The minimum Gasteiger partial charge on any atom is -0.379 e. The summed E-state index contributed by atoms with van der Waals surface area (Å²) in [5.74, 6) is 0.0813. The van der Waals surface area contributed by atoms with Crippen molar-refractivity contribution in [2.75, 3.05) is 132 Å². The van der Waals surface area contributed by atoms with Gasteiger partial charge in [0.25, 0.3) is 0 Å². The van der Waals surface area contributed by atoms with Crippen LogP contribution in [0.1, 0.15) is 37.7 Å². The van der Waals surface area contributed by atoms with Gasteiger partial charge in [-0.2, -0.15) is 4.57 Å². The van der Waals surface area contributed by atoms with Gasteiger partial charge in [0.2, 0.25) is 11.4 Å². The molecule has 0 radical (unpaired) electrons. The Morgan fingerprint density at radius 2 is 1.40 bits per heavy atom. The molecule has 0 saturated heterocycles. The lowest BCUT2D eigenvalue weighted by molar-refractivity contribution is -0.892. The van der Waals surface area contributed by atoms with Crippen LogP contribution in [-0.2, 0) is 39.8 Å². The van der Waals surface area contributed by atoms with Gasteiger partial charge in [-0.15, -0.1) is 0 Å². The van der Waals surface area contributed by atoms with Crippen LogP contribution in [0.3, 0.4) is 0 Å². The number of azide groups is 1. The number of hydrogen-bond acceptors (Lipinski definition) is 10. The Balaban J connectivity index is 0.945. The number of carbonyl (C=O) groups is 1. The summed E-state index contributed by atoms with van der Waals surface area (Å²) in [6.07, 6.45) is 9.25. The molecule has 58 heavy (non-hydrogen) atoms. The van der Waals surface area contributed by atoms with Crippen molar-refractivity contribution in [2.45, 2.75) is 43.5 Å². The number of thioether (sulfide) groups is 1. The number of aryl methyl sites for hydroxylation is 1. The SMILES string of the molecule is CN1/C(=C/c2cc[n+](CCC[N+](C)(C)CCCCCC(=O)NCCOCCOCCOCCOCCOCCOCCN=[N+]=[N-])c3ccccc23)Sc2ccccc21. The van der Waals surface area contributed by atoms with Gasteiger partial charge in [0, 0.05) is 48.5 Å². The van der Waals surface area contributed by atoms with Crippen molar-refractivity contribution in [3.8, 4) is 0 Å². The predicted molar refractivity (Wildman–Crippen MR) is 230 cm³/mol. The highest BCUT2D eigenvalue weighted by Gasteiger charge is 2.22. The first-order valence-electron chi connectivity index (χ1n) is 20.6. The number of aromatic nitrogens is 1. The molecule has 1 N–H and O–H groups in total. The number of carbonyl (C=O) groups excluding carboxylic acids is 1. The second-order valence-corrected chi connectivity index (χ2v) is 15.7. The van der Waals surface area contributed by atoms with Gasteiger partial charge in [-0.25, -0.2) is 0 Å². The first-order chi connectivity index (χ1) is 28.4. The van der Waals surface area contributed by atoms with Crippen molar-refractivity contribution in [3.05, 3.63) is 81.8 Å². The van der Waals surface area contributed by atoms with Crippen LogP contribution in [0.15, 0.2) is 75.8 Å². The molecule has 1 aliphatic heterocycles. The Morgan fingerprint density at radius 3 is 2.07 bits per heavy atom. The molecule has 0 unspecified atom stereocenters. The van der Waals surface area contributed by atoms with E-state index in [1.165, 1.54) is 32.1 Å². The molecule has 3 aromatic rings. The summed E-state index contributed by atoms with van der Waals surface area (Å²) in [4.78, 5) is 18.5. The van der Waals surface area contributed by atoms with Crippen molar-refractivity contribution in [1.29, 1.82) is 0 Å². The Hall–Kier alpha value is -3.76. The van der Waals surface area contributed by atoms with Gasteiger partial charge in [-0.05, 0) is 54.6 Å². The third-order valence-corrected chi connectivity index (χ3v) is 10.8. The fourth-order valence-corrected chi connectivity index (χ4v) is 7.60. The van der Waals surface area contributed by atoms with Crippen molar-refractivity contribution in [2.24, 2.45) is 5.11 Å². The fraction of sp³-hybridized carbons (Fsp3) is 0.581. The molecule has 14 nitrogen and oxygen atoms in total. The van der Waals surface area contributed by atoms with Crippen LogP contribution in [0.5, 0.6) is 0 Å². The number of anilines is 1. The smallest absolute Gasteiger partial charge is 0.220 e. The van der Waals surface area contributed by atoms with Crippen LogP contribution in [0.25, 0.3) is 27.4 Å². The summed E-state index contributed by atoms with van der Waals surface area (Å²) < 4.78 is 36.0. The number of quaternary nitrogens is 1. The van der Waals surface area contributed by atoms with E-state index in [9.17, 15) is 4.79 Å². The van der Waals surface area contributed by atoms with Crippen molar-refractivity contribution >= 4 is 40.3 Å². The molecule has 0 saturated carbocycles. The molecule has 1 amide bonds. The lowest BCUT2D eigenvalue weighted by atomic mass is 10.1. The number of hydrogen-bond donors (Lipinski definition) is 1. The summed E-state index contributed by atoms with van der Waals surface area (Å²) in [5.41, 5.74) is 11.9. The van der Waals surface area contributed by atoms with Crippen LogP contribution in [0.2, 0.25) is 0 Å². The number of ether oxygens (including phenoxy) is 6. The summed E-state index contributed by atoms with van der Waals surface area (Å²) in [7, 11) is 6.77. The maximum absolute atomic E-state index is 12.3. The Bertz CT molecular complexity index is 1720. The third-order valence-electron chi connectivity index (χ3n) is 9.67. The van der Waals surface area contributed by atoms with Crippen LogP contribution in [-0.4, -0.2) is 137 Å². The predicted octanol–water partition coefficient (Wildman–Crippen LogP) is 6.22. The van der Waals surface area contributed by atoms with Crippen LogP contribution >= 0.6 is 11.8 Å². The molecule has 0 atom stereocenters. The van der Waals surface area contributed by atoms with E-state index in [0.717, 1.165) is 49.8 Å². The molecule has 2 aromatic carbocycles. The fourth-order valence-electron chi connectivity index (χ4n) is 6.49.